The van der Waals surface area contributed by atoms with Gasteiger partial charge in [0, 0.05) is 10.9 Å². The van der Waals surface area contributed by atoms with Gasteiger partial charge in [0.2, 0.25) is 0 Å². The van der Waals surface area contributed by atoms with Crippen LogP contribution in [0.2, 0.25) is 0 Å². The highest BCUT2D eigenvalue weighted by Gasteiger charge is 2.44. The summed E-state index contributed by atoms with van der Waals surface area (Å²) in [6.07, 6.45) is 0. The number of benzene rings is 2. The van der Waals surface area contributed by atoms with Crippen molar-refractivity contribution in [1.29, 1.82) is 0 Å². The Morgan fingerprint density at radius 1 is 0.962 bits per heavy atom. The van der Waals surface area contributed by atoms with Crippen LogP contribution in [0.5, 0.6) is 17.2 Å². The molecule has 0 aromatic heterocycles. The number of hydrogen-bond acceptors (Lipinski definition) is 3. The summed E-state index contributed by atoms with van der Waals surface area (Å²) in [6.45, 7) is 11.5. The number of rotatable bonds is 4. The molecular weight excluding hydrogens is 343 g/mol. The van der Waals surface area contributed by atoms with Gasteiger partial charge in [-0.05, 0) is 37.2 Å². The molecule has 1 heterocycles. The van der Waals surface area contributed by atoms with E-state index in [1.165, 1.54) is 10.9 Å². The molecule has 4 heteroatoms. The third kappa shape index (κ3) is 3.18. The number of methoxy groups -OCH3 is 2. The van der Waals surface area contributed by atoms with Gasteiger partial charge in [-0.15, -0.1) is 0 Å². The van der Waals surface area contributed by atoms with Gasteiger partial charge in [-0.25, -0.2) is 0 Å². The first-order valence-electron chi connectivity index (χ1n) is 9.10. The first-order valence-corrected chi connectivity index (χ1v) is 10.5. The van der Waals surface area contributed by atoms with Crippen molar-refractivity contribution < 1.29 is 14.2 Å². The molecule has 2 atom stereocenters. The quantitative estimate of drug-likeness (QED) is 0.649. The Labute approximate surface area is 158 Å². The maximum absolute atomic E-state index is 6.46. The van der Waals surface area contributed by atoms with Gasteiger partial charge in [-0.1, -0.05) is 52.8 Å². The number of hydrogen-bond donors (Lipinski definition) is 0. The third-order valence-corrected chi connectivity index (χ3v) is 8.33. The molecule has 140 valence electrons. The van der Waals surface area contributed by atoms with E-state index in [1.54, 1.807) is 14.2 Å². The van der Waals surface area contributed by atoms with Crippen molar-refractivity contribution in [1.82, 2.24) is 0 Å². The summed E-state index contributed by atoms with van der Waals surface area (Å²) in [4.78, 5) is 0. The Balaban J connectivity index is 2.29. The largest absolute Gasteiger partial charge is 0.496 e. The van der Waals surface area contributed by atoms with Gasteiger partial charge >= 0.3 is 0 Å². The zero-order chi connectivity index (χ0) is 19.1. The lowest BCUT2D eigenvalue weighted by Crippen LogP contribution is -2.28. The van der Waals surface area contributed by atoms with Crippen molar-refractivity contribution in [3.63, 3.8) is 0 Å². The minimum atomic E-state index is -0.517. The van der Waals surface area contributed by atoms with Gasteiger partial charge in [0.25, 0.3) is 0 Å². The first-order chi connectivity index (χ1) is 12.3. The maximum atomic E-state index is 6.46. The molecule has 0 bridgehead atoms. The van der Waals surface area contributed by atoms with E-state index in [2.05, 4.69) is 52.8 Å². The van der Waals surface area contributed by atoms with Crippen LogP contribution in [-0.4, -0.2) is 25.2 Å². The van der Waals surface area contributed by atoms with Gasteiger partial charge in [0.1, 0.15) is 23.1 Å². The lowest BCUT2D eigenvalue weighted by molar-refractivity contribution is 0.240. The van der Waals surface area contributed by atoms with Crippen LogP contribution < -0.4 is 19.5 Å². The summed E-state index contributed by atoms with van der Waals surface area (Å²) in [5.74, 6) is 3.35. The number of fused-ring (bicyclic) bond motifs is 1. The van der Waals surface area contributed by atoms with Crippen molar-refractivity contribution in [2.75, 3.05) is 14.2 Å². The minimum absolute atomic E-state index is 0.140. The van der Waals surface area contributed by atoms with Crippen LogP contribution in [0.3, 0.4) is 0 Å². The summed E-state index contributed by atoms with van der Waals surface area (Å²) in [5.41, 5.74) is 2.18. The van der Waals surface area contributed by atoms with E-state index in [1.807, 2.05) is 18.2 Å². The Bertz CT molecular complexity index is 770. The summed E-state index contributed by atoms with van der Waals surface area (Å²) in [6, 6.07) is 12.3. The highest BCUT2D eigenvalue weighted by molar-refractivity contribution is 7.68. The molecule has 26 heavy (non-hydrogen) atoms. The molecule has 0 amide bonds. The van der Waals surface area contributed by atoms with Crippen molar-refractivity contribution >= 4 is 13.2 Å². The second-order valence-corrected chi connectivity index (χ2v) is 11.0. The third-order valence-electron chi connectivity index (χ3n) is 4.73. The first kappa shape index (κ1) is 19.0. The molecule has 1 aliphatic rings. The lowest BCUT2D eigenvalue weighted by Gasteiger charge is -2.34. The number of ether oxygens (including phenoxy) is 3. The molecule has 1 aliphatic heterocycles. The molecule has 0 N–H and O–H groups in total. The minimum Gasteiger partial charge on any atom is -0.496 e. The van der Waals surface area contributed by atoms with E-state index in [4.69, 9.17) is 14.2 Å². The van der Waals surface area contributed by atoms with E-state index in [0.29, 0.717) is 5.92 Å². The monoisotopic (exact) mass is 372 g/mol. The second kappa shape index (κ2) is 7.12. The standard InChI is InChI=1S/C22H29O3P/c1-14(2)21-25-18-13-8-10-15(20(18)26(21)22(3,4)5)19-16(23-6)11-9-12-17(19)24-7/h8-14,21H,1-7H3/t21-,26-/m0/s1. The Morgan fingerprint density at radius 3 is 2.04 bits per heavy atom. The van der Waals surface area contributed by atoms with Crippen molar-refractivity contribution in [2.24, 2.45) is 5.92 Å². The molecule has 2 aromatic carbocycles. The predicted octanol–water partition coefficient (Wildman–Crippen LogP) is 5.65. The van der Waals surface area contributed by atoms with Crippen LogP contribution in [0.25, 0.3) is 11.1 Å². The maximum Gasteiger partial charge on any atom is 0.130 e. The van der Waals surface area contributed by atoms with Crippen molar-refractivity contribution in [2.45, 2.75) is 45.6 Å². The normalized spacial score (nSPS) is 19.2. The summed E-state index contributed by atoms with van der Waals surface area (Å²) in [5, 5.41) is 1.47. The molecule has 0 unspecified atom stereocenters. The fourth-order valence-electron chi connectivity index (χ4n) is 3.65. The Hall–Kier alpha value is -1.73. The van der Waals surface area contributed by atoms with Crippen LogP contribution in [0.4, 0.5) is 0 Å². The van der Waals surface area contributed by atoms with E-state index in [9.17, 15) is 0 Å². The molecule has 0 saturated heterocycles. The Morgan fingerprint density at radius 2 is 1.54 bits per heavy atom. The van der Waals surface area contributed by atoms with E-state index in [0.717, 1.165) is 22.8 Å². The zero-order valence-electron chi connectivity index (χ0n) is 16.8. The highest BCUT2D eigenvalue weighted by atomic mass is 31.1. The summed E-state index contributed by atoms with van der Waals surface area (Å²) in [7, 11) is 2.90. The topological polar surface area (TPSA) is 27.7 Å². The Kier molecular flexibility index (Phi) is 5.21. The molecule has 0 aliphatic carbocycles. The van der Waals surface area contributed by atoms with Gasteiger partial charge in [0.05, 0.1) is 19.8 Å². The van der Waals surface area contributed by atoms with Crippen LogP contribution in [0.15, 0.2) is 36.4 Å². The second-order valence-electron chi connectivity index (χ2n) is 7.98. The van der Waals surface area contributed by atoms with Gasteiger partial charge in [0.15, 0.2) is 0 Å². The zero-order valence-corrected chi connectivity index (χ0v) is 17.7. The summed E-state index contributed by atoms with van der Waals surface area (Å²) >= 11 is 0. The summed E-state index contributed by atoms with van der Waals surface area (Å²) < 4.78 is 17.8. The van der Waals surface area contributed by atoms with E-state index in [-0.39, 0.29) is 11.0 Å². The molecule has 0 radical (unpaired) electrons. The fraction of sp³-hybridized carbons (Fsp3) is 0.455. The molecule has 3 nitrogen and oxygen atoms in total. The van der Waals surface area contributed by atoms with Gasteiger partial charge in [-0.2, -0.15) is 0 Å². The fourth-order valence-corrected chi connectivity index (χ4v) is 6.96. The lowest BCUT2D eigenvalue weighted by atomic mass is 10.0. The average Bonchev–Trinajstić information content (AvgIpc) is 3.01. The molecule has 0 spiro atoms. The molecule has 0 saturated carbocycles. The average molecular weight is 372 g/mol. The molecule has 2 aromatic rings. The SMILES string of the molecule is COc1cccc(OC)c1-c1cccc2c1[P@](C(C)(C)C)[C@@H](C(C)C)O2. The predicted molar refractivity (Wildman–Crippen MR) is 111 cm³/mol. The van der Waals surface area contributed by atoms with Crippen LogP contribution in [0.1, 0.15) is 34.6 Å². The van der Waals surface area contributed by atoms with E-state index < -0.39 is 7.92 Å². The smallest absolute Gasteiger partial charge is 0.130 e. The van der Waals surface area contributed by atoms with Crippen molar-refractivity contribution in [3.05, 3.63) is 36.4 Å². The van der Waals surface area contributed by atoms with Crippen LogP contribution in [0, 0.1) is 5.92 Å². The van der Waals surface area contributed by atoms with Crippen LogP contribution >= 0.6 is 7.92 Å². The highest BCUT2D eigenvalue weighted by Crippen LogP contribution is 2.62. The van der Waals surface area contributed by atoms with Crippen LogP contribution in [-0.2, 0) is 0 Å². The van der Waals surface area contributed by atoms with Crippen molar-refractivity contribution in [3.8, 4) is 28.4 Å². The van der Waals surface area contributed by atoms with Gasteiger partial charge in [-0.3, -0.25) is 0 Å². The molecule has 3 rings (SSSR count). The van der Waals surface area contributed by atoms with Gasteiger partial charge < -0.3 is 14.2 Å². The van der Waals surface area contributed by atoms with E-state index >= 15 is 0 Å². The molecule has 0 fully saturated rings. The molecular formula is C22H29O3P.